The number of aryl methyl sites for hydroxylation is 1. The van der Waals surface area contributed by atoms with Gasteiger partial charge < -0.3 is 4.74 Å². The third-order valence-corrected chi connectivity index (χ3v) is 6.91. The van der Waals surface area contributed by atoms with E-state index in [2.05, 4.69) is 4.74 Å². The van der Waals surface area contributed by atoms with E-state index in [1.54, 1.807) is 12.1 Å². The summed E-state index contributed by atoms with van der Waals surface area (Å²) in [6, 6.07) is 6.37. The van der Waals surface area contributed by atoms with Gasteiger partial charge in [-0.1, -0.05) is 89.2 Å². The van der Waals surface area contributed by atoms with Gasteiger partial charge in [0.25, 0.3) is 0 Å². The Kier molecular flexibility index (Phi) is 8.11. The van der Waals surface area contributed by atoms with Gasteiger partial charge in [-0.3, -0.25) is 0 Å². The lowest BCUT2D eigenvalue weighted by molar-refractivity contribution is -0.274. The minimum Gasteiger partial charge on any atom is -0.406 e. The number of rotatable bonds is 9. The quantitative estimate of drug-likeness (QED) is 0.383. The number of hydrogen-bond acceptors (Lipinski definition) is 1. The van der Waals surface area contributed by atoms with Crippen LogP contribution in [0.3, 0.4) is 0 Å². The van der Waals surface area contributed by atoms with Crippen molar-refractivity contribution in [3.63, 3.8) is 0 Å². The van der Waals surface area contributed by atoms with Crippen LogP contribution in [0.15, 0.2) is 24.3 Å². The monoisotopic (exact) mass is 396 g/mol. The smallest absolute Gasteiger partial charge is 0.406 e. The number of ether oxygens (including phenoxy) is 1. The van der Waals surface area contributed by atoms with E-state index < -0.39 is 6.36 Å². The van der Waals surface area contributed by atoms with E-state index in [0.717, 1.165) is 36.2 Å². The number of unbranched alkanes of at least 4 members (excludes halogenated alkanes) is 1. The number of halogens is 3. The predicted molar refractivity (Wildman–Crippen MR) is 107 cm³/mol. The van der Waals surface area contributed by atoms with E-state index >= 15 is 0 Å². The van der Waals surface area contributed by atoms with Crippen LogP contribution in [-0.2, 0) is 6.42 Å². The molecule has 28 heavy (non-hydrogen) atoms. The van der Waals surface area contributed by atoms with Crippen molar-refractivity contribution in [3.8, 4) is 5.75 Å². The summed E-state index contributed by atoms with van der Waals surface area (Å²) in [5, 5.41) is 0. The molecular formula is C24H35F3O. The van der Waals surface area contributed by atoms with Crippen molar-refractivity contribution in [2.75, 3.05) is 0 Å². The van der Waals surface area contributed by atoms with Crippen molar-refractivity contribution in [1.82, 2.24) is 0 Å². The van der Waals surface area contributed by atoms with Gasteiger partial charge in [-0.25, -0.2) is 0 Å². The van der Waals surface area contributed by atoms with E-state index in [9.17, 15) is 13.2 Å². The zero-order valence-corrected chi connectivity index (χ0v) is 17.0. The second kappa shape index (κ2) is 10.5. The van der Waals surface area contributed by atoms with Crippen molar-refractivity contribution < 1.29 is 17.9 Å². The topological polar surface area (TPSA) is 9.23 Å². The molecule has 4 heteroatoms. The summed E-state index contributed by atoms with van der Waals surface area (Å²) >= 11 is 0. The molecule has 158 valence electrons. The van der Waals surface area contributed by atoms with Crippen molar-refractivity contribution >= 4 is 0 Å². The molecule has 2 aliphatic carbocycles. The molecule has 0 spiro atoms. The molecule has 0 aromatic heterocycles. The molecular weight excluding hydrogens is 361 g/mol. The first-order valence-electron chi connectivity index (χ1n) is 11.3. The Morgan fingerprint density at radius 2 is 1.21 bits per heavy atom. The van der Waals surface area contributed by atoms with Gasteiger partial charge in [0.15, 0.2) is 0 Å². The Labute approximate surface area is 168 Å². The zero-order chi connectivity index (χ0) is 19.8. The van der Waals surface area contributed by atoms with Crippen LogP contribution < -0.4 is 4.74 Å². The summed E-state index contributed by atoms with van der Waals surface area (Å²) in [6.45, 7) is 0. The van der Waals surface area contributed by atoms with Crippen molar-refractivity contribution in [3.05, 3.63) is 29.8 Å². The molecule has 1 nitrogen and oxygen atoms in total. The van der Waals surface area contributed by atoms with E-state index in [4.69, 9.17) is 0 Å². The number of benzene rings is 1. The summed E-state index contributed by atoms with van der Waals surface area (Å²) in [5.41, 5.74) is 1.10. The van der Waals surface area contributed by atoms with Gasteiger partial charge in [-0.15, -0.1) is 13.2 Å². The molecule has 2 fully saturated rings. The molecule has 2 saturated carbocycles. The summed E-state index contributed by atoms with van der Waals surface area (Å²) < 4.78 is 40.6. The molecule has 0 aliphatic heterocycles. The highest BCUT2D eigenvalue weighted by Crippen LogP contribution is 2.35. The second-order valence-electron chi connectivity index (χ2n) is 9.05. The molecule has 0 atom stereocenters. The fourth-order valence-electron chi connectivity index (χ4n) is 5.20. The van der Waals surface area contributed by atoms with Gasteiger partial charge in [-0.05, 0) is 48.3 Å². The van der Waals surface area contributed by atoms with Crippen LogP contribution in [0.5, 0.6) is 5.75 Å². The molecule has 1 aromatic rings. The molecule has 0 bridgehead atoms. The molecule has 0 radical (unpaired) electrons. The lowest BCUT2D eigenvalue weighted by atomic mass is 9.77. The van der Waals surface area contributed by atoms with Gasteiger partial charge in [0, 0.05) is 0 Å². The van der Waals surface area contributed by atoms with Crippen LogP contribution in [0.2, 0.25) is 0 Å². The van der Waals surface area contributed by atoms with E-state index in [1.165, 1.54) is 89.2 Å². The molecule has 1 aromatic carbocycles. The molecule has 0 heterocycles. The van der Waals surface area contributed by atoms with E-state index in [1.807, 2.05) is 0 Å². The van der Waals surface area contributed by atoms with Crippen LogP contribution >= 0.6 is 0 Å². The molecule has 2 aliphatic rings. The Balaban J connectivity index is 1.27. The highest BCUT2D eigenvalue weighted by atomic mass is 19.4. The summed E-state index contributed by atoms with van der Waals surface area (Å²) in [7, 11) is 0. The minimum atomic E-state index is -4.61. The first-order chi connectivity index (χ1) is 13.5. The lowest BCUT2D eigenvalue weighted by Crippen LogP contribution is -2.17. The lowest BCUT2D eigenvalue weighted by Gasteiger charge is -2.28. The van der Waals surface area contributed by atoms with Gasteiger partial charge in [0.2, 0.25) is 0 Å². The summed E-state index contributed by atoms with van der Waals surface area (Å²) in [5.74, 6) is 2.61. The third-order valence-electron chi connectivity index (χ3n) is 6.91. The average molecular weight is 397 g/mol. The number of alkyl halides is 3. The zero-order valence-electron chi connectivity index (χ0n) is 17.0. The Morgan fingerprint density at radius 1 is 0.714 bits per heavy atom. The number of hydrogen-bond donors (Lipinski definition) is 0. The third kappa shape index (κ3) is 7.67. The van der Waals surface area contributed by atoms with Crippen LogP contribution in [0.1, 0.15) is 89.0 Å². The Morgan fingerprint density at radius 3 is 1.75 bits per heavy atom. The maximum atomic E-state index is 12.2. The Hall–Kier alpha value is -1.19. The standard InChI is InChI=1S/C24H35F3O/c25-24(26,27)28-23-17-15-22(16-18-23)14-13-21-11-9-20(10-12-21)8-4-3-7-19-5-1-2-6-19/h15-21H,1-14H2. The highest BCUT2D eigenvalue weighted by Gasteiger charge is 2.31. The summed E-state index contributed by atoms with van der Waals surface area (Å²) in [6.07, 6.45) is 14.4. The molecule has 3 rings (SSSR count). The average Bonchev–Trinajstić information content (AvgIpc) is 3.18. The highest BCUT2D eigenvalue weighted by molar-refractivity contribution is 5.27. The maximum absolute atomic E-state index is 12.2. The van der Waals surface area contributed by atoms with Gasteiger partial charge in [0.1, 0.15) is 5.75 Å². The largest absolute Gasteiger partial charge is 0.573 e. The van der Waals surface area contributed by atoms with Crippen LogP contribution in [0.25, 0.3) is 0 Å². The SMILES string of the molecule is FC(F)(F)Oc1ccc(CCC2CCC(CCCCC3CCCC3)CC2)cc1. The first kappa shape index (κ1) is 21.5. The van der Waals surface area contributed by atoms with Crippen LogP contribution in [-0.4, -0.2) is 6.36 Å². The molecule has 0 unspecified atom stereocenters. The van der Waals surface area contributed by atoms with Gasteiger partial charge in [-0.2, -0.15) is 0 Å². The predicted octanol–water partition coefficient (Wildman–Crippen LogP) is 8.07. The fraction of sp³-hybridized carbons (Fsp3) is 0.750. The van der Waals surface area contributed by atoms with Crippen molar-refractivity contribution in [2.24, 2.45) is 17.8 Å². The second-order valence-corrected chi connectivity index (χ2v) is 9.05. The van der Waals surface area contributed by atoms with Crippen molar-refractivity contribution in [1.29, 1.82) is 0 Å². The normalized spacial score (nSPS) is 23.8. The van der Waals surface area contributed by atoms with Gasteiger partial charge in [0.05, 0.1) is 0 Å². The first-order valence-corrected chi connectivity index (χ1v) is 11.3. The molecule has 0 N–H and O–H groups in total. The Bertz CT molecular complexity index is 552. The maximum Gasteiger partial charge on any atom is 0.573 e. The van der Waals surface area contributed by atoms with E-state index in [0.29, 0.717) is 0 Å². The summed E-state index contributed by atoms with van der Waals surface area (Å²) in [4.78, 5) is 0. The molecule has 0 amide bonds. The van der Waals surface area contributed by atoms with Gasteiger partial charge >= 0.3 is 6.36 Å². The van der Waals surface area contributed by atoms with Crippen LogP contribution in [0, 0.1) is 17.8 Å². The minimum absolute atomic E-state index is 0.135. The van der Waals surface area contributed by atoms with Crippen molar-refractivity contribution in [2.45, 2.75) is 96.3 Å². The van der Waals surface area contributed by atoms with Crippen LogP contribution in [0.4, 0.5) is 13.2 Å². The van der Waals surface area contributed by atoms with E-state index in [-0.39, 0.29) is 5.75 Å². The molecule has 0 saturated heterocycles. The fourth-order valence-corrected chi connectivity index (χ4v) is 5.20.